The maximum absolute atomic E-state index is 12.9. The first-order valence-electron chi connectivity index (χ1n) is 8.90. The van der Waals surface area contributed by atoms with Gasteiger partial charge in [0.05, 0.1) is 0 Å². The Kier molecular flexibility index (Phi) is 4.42. The topological polar surface area (TPSA) is 69.0 Å². The molecule has 1 N–H and O–H groups in total. The highest BCUT2D eigenvalue weighted by atomic mass is 16.5. The van der Waals surface area contributed by atoms with Gasteiger partial charge in [0.25, 0.3) is 5.56 Å². The van der Waals surface area contributed by atoms with Crippen molar-refractivity contribution < 1.29 is 4.74 Å². The molecule has 3 heterocycles. The van der Waals surface area contributed by atoms with Gasteiger partial charge < -0.3 is 10.1 Å². The summed E-state index contributed by atoms with van der Waals surface area (Å²) in [5.41, 5.74) is 3.27. The Morgan fingerprint density at radius 1 is 1.19 bits per heavy atom. The summed E-state index contributed by atoms with van der Waals surface area (Å²) < 4.78 is 6.99. The van der Waals surface area contributed by atoms with Crippen molar-refractivity contribution in [1.82, 2.24) is 14.5 Å². The Labute approximate surface area is 151 Å². The zero-order valence-electron chi connectivity index (χ0n) is 15.0. The molecule has 4 rings (SSSR count). The second kappa shape index (κ2) is 6.88. The number of rotatable bonds is 3. The quantitative estimate of drug-likeness (QED) is 0.787. The largest absolute Gasteiger partial charge is 0.381 e. The predicted molar refractivity (Wildman–Crippen MR) is 102 cm³/mol. The maximum atomic E-state index is 12.9. The summed E-state index contributed by atoms with van der Waals surface area (Å²) >= 11 is 0. The number of aryl methyl sites for hydroxylation is 2. The van der Waals surface area contributed by atoms with Crippen molar-refractivity contribution in [2.45, 2.75) is 25.8 Å². The second-order valence-electron chi connectivity index (χ2n) is 6.74. The highest BCUT2D eigenvalue weighted by molar-refractivity contribution is 5.82. The minimum atomic E-state index is -0.0532. The molecule has 2 aromatic heterocycles. The van der Waals surface area contributed by atoms with E-state index >= 15 is 0 Å². The van der Waals surface area contributed by atoms with Gasteiger partial charge in [-0.05, 0) is 37.0 Å². The van der Waals surface area contributed by atoms with Crippen LogP contribution in [0.4, 0.5) is 5.95 Å². The summed E-state index contributed by atoms with van der Waals surface area (Å²) in [6, 6.07) is 10.1. The lowest BCUT2D eigenvalue weighted by Crippen LogP contribution is -2.29. The van der Waals surface area contributed by atoms with E-state index in [1.165, 1.54) is 0 Å². The minimum Gasteiger partial charge on any atom is -0.381 e. The molecule has 0 spiro atoms. The number of benzene rings is 1. The van der Waals surface area contributed by atoms with Crippen molar-refractivity contribution in [3.63, 3.8) is 0 Å². The SMILES string of the molecule is Cc1ccccc1-c1cc2cnc(NC3CCOCC3)nc2n(C)c1=O. The number of anilines is 1. The first kappa shape index (κ1) is 16.7. The Hall–Kier alpha value is -2.73. The molecular formula is C20H22N4O2. The molecule has 0 unspecified atom stereocenters. The van der Waals surface area contributed by atoms with E-state index in [-0.39, 0.29) is 5.56 Å². The van der Waals surface area contributed by atoms with E-state index in [4.69, 9.17) is 4.74 Å². The van der Waals surface area contributed by atoms with E-state index in [0.717, 1.165) is 42.6 Å². The van der Waals surface area contributed by atoms with Crippen molar-refractivity contribution in [2.24, 2.45) is 7.05 Å². The van der Waals surface area contributed by atoms with Crippen LogP contribution in [0.25, 0.3) is 22.2 Å². The third-order valence-corrected chi connectivity index (χ3v) is 4.94. The lowest BCUT2D eigenvalue weighted by molar-refractivity contribution is 0.0903. The van der Waals surface area contributed by atoms with E-state index in [9.17, 15) is 4.79 Å². The highest BCUT2D eigenvalue weighted by Gasteiger charge is 2.16. The fraction of sp³-hybridized carbons (Fsp3) is 0.350. The Balaban J connectivity index is 1.76. The van der Waals surface area contributed by atoms with Gasteiger partial charge in [-0.1, -0.05) is 24.3 Å². The number of hydrogen-bond donors (Lipinski definition) is 1. The molecule has 0 saturated carbocycles. The average molecular weight is 350 g/mol. The van der Waals surface area contributed by atoms with Crippen LogP contribution >= 0.6 is 0 Å². The van der Waals surface area contributed by atoms with Crippen LogP contribution in [0.1, 0.15) is 18.4 Å². The fourth-order valence-corrected chi connectivity index (χ4v) is 3.41. The number of hydrogen-bond acceptors (Lipinski definition) is 5. The molecule has 1 aliphatic rings. The summed E-state index contributed by atoms with van der Waals surface area (Å²) in [5, 5.41) is 4.21. The molecule has 0 amide bonds. The molecule has 1 aromatic carbocycles. The van der Waals surface area contributed by atoms with Crippen molar-refractivity contribution in [2.75, 3.05) is 18.5 Å². The number of ether oxygens (including phenoxy) is 1. The van der Waals surface area contributed by atoms with Gasteiger partial charge in [0.15, 0.2) is 0 Å². The van der Waals surface area contributed by atoms with Gasteiger partial charge >= 0.3 is 0 Å². The van der Waals surface area contributed by atoms with E-state index in [2.05, 4.69) is 15.3 Å². The molecule has 26 heavy (non-hydrogen) atoms. The van der Waals surface area contributed by atoms with Crippen LogP contribution in [0.5, 0.6) is 0 Å². The van der Waals surface area contributed by atoms with Crippen molar-refractivity contribution >= 4 is 17.0 Å². The molecule has 0 atom stereocenters. The molecule has 3 aromatic rings. The monoisotopic (exact) mass is 350 g/mol. The lowest BCUT2D eigenvalue weighted by Gasteiger charge is -2.23. The second-order valence-corrected chi connectivity index (χ2v) is 6.74. The van der Waals surface area contributed by atoms with Gasteiger partial charge in [-0.2, -0.15) is 4.98 Å². The third-order valence-electron chi connectivity index (χ3n) is 4.94. The first-order valence-corrected chi connectivity index (χ1v) is 8.90. The molecule has 0 bridgehead atoms. The maximum Gasteiger partial charge on any atom is 0.259 e. The molecule has 1 saturated heterocycles. The Morgan fingerprint density at radius 3 is 2.73 bits per heavy atom. The van der Waals surface area contributed by atoms with Gasteiger partial charge in [-0.25, -0.2) is 4.98 Å². The molecule has 0 radical (unpaired) electrons. The van der Waals surface area contributed by atoms with E-state index in [1.54, 1.807) is 17.8 Å². The molecule has 6 nitrogen and oxygen atoms in total. The smallest absolute Gasteiger partial charge is 0.259 e. The van der Waals surface area contributed by atoms with Crippen molar-refractivity contribution in [1.29, 1.82) is 0 Å². The van der Waals surface area contributed by atoms with Crippen molar-refractivity contribution in [3.05, 3.63) is 52.4 Å². The molecule has 6 heteroatoms. The number of pyridine rings is 1. The van der Waals surface area contributed by atoms with E-state index in [1.807, 2.05) is 37.3 Å². The minimum absolute atomic E-state index is 0.0532. The summed E-state index contributed by atoms with van der Waals surface area (Å²) in [6.45, 7) is 3.52. The highest BCUT2D eigenvalue weighted by Crippen LogP contribution is 2.23. The lowest BCUT2D eigenvalue weighted by atomic mass is 10.0. The number of fused-ring (bicyclic) bond motifs is 1. The van der Waals surface area contributed by atoms with Crippen LogP contribution in [0.2, 0.25) is 0 Å². The van der Waals surface area contributed by atoms with Crippen molar-refractivity contribution in [3.8, 4) is 11.1 Å². The van der Waals surface area contributed by atoms with Gasteiger partial charge in [0.1, 0.15) is 5.65 Å². The standard InChI is InChI=1S/C20H22N4O2/c1-13-5-3-4-6-16(13)17-11-14-12-21-20(22-15-7-9-26-10-8-15)23-18(14)24(2)19(17)25/h3-6,11-12,15H,7-10H2,1-2H3,(H,21,22,23). The zero-order chi connectivity index (χ0) is 18.1. The molecule has 0 aliphatic carbocycles. The molecule has 1 aliphatic heterocycles. The molecule has 134 valence electrons. The third kappa shape index (κ3) is 3.08. The van der Waals surface area contributed by atoms with Gasteiger partial charge in [0.2, 0.25) is 5.95 Å². The summed E-state index contributed by atoms with van der Waals surface area (Å²) in [7, 11) is 1.76. The normalized spacial score (nSPS) is 15.3. The average Bonchev–Trinajstić information content (AvgIpc) is 2.66. The van der Waals surface area contributed by atoms with Crippen LogP contribution in [-0.4, -0.2) is 33.8 Å². The summed E-state index contributed by atoms with van der Waals surface area (Å²) in [4.78, 5) is 21.9. The van der Waals surface area contributed by atoms with E-state index < -0.39 is 0 Å². The Bertz CT molecular complexity index is 1010. The van der Waals surface area contributed by atoms with Gasteiger partial charge in [0, 0.05) is 43.4 Å². The van der Waals surface area contributed by atoms with E-state index in [0.29, 0.717) is 23.2 Å². The zero-order valence-corrected chi connectivity index (χ0v) is 15.0. The number of nitrogens with zero attached hydrogens (tertiary/aromatic N) is 3. The molecule has 1 fully saturated rings. The summed E-state index contributed by atoms with van der Waals surface area (Å²) in [6.07, 6.45) is 3.66. The van der Waals surface area contributed by atoms with Crippen LogP contribution in [0.15, 0.2) is 41.3 Å². The van der Waals surface area contributed by atoms with Gasteiger partial charge in [-0.3, -0.25) is 9.36 Å². The van der Waals surface area contributed by atoms with Crippen LogP contribution in [-0.2, 0) is 11.8 Å². The number of nitrogens with one attached hydrogen (secondary N) is 1. The first-order chi connectivity index (χ1) is 12.6. The van der Waals surface area contributed by atoms with Crippen LogP contribution < -0.4 is 10.9 Å². The van der Waals surface area contributed by atoms with Gasteiger partial charge in [-0.15, -0.1) is 0 Å². The molecular weight excluding hydrogens is 328 g/mol. The number of aromatic nitrogens is 3. The van der Waals surface area contributed by atoms with Crippen LogP contribution in [0, 0.1) is 6.92 Å². The predicted octanol–water partition coefficient (Wildman–Crippen LogP) is 2.89. The fourth-order valence-electron chi connectivity index (χ4n) is 3.41. The van der Waals surface area contributed by atoms with Crippen LogP contribution in [0.3, 0.4) is 0 Å². The summed E-state index contributed by atoms with van der Waals surface area (Å²) in [5.74, 6) is 0.558. The Morgan fingerprint density at radius 2 is 1.96 bits per heavy atom.